The number of anilines is 2. The van der Waals surface area contributed by atoms with Crippen LogP contribution in [0.15, 0.2) is 24.8 Å². The van der Waals surface area contributed by atoms with Crippen LogP contribution in [0.4, 0.5) is 11.8 Å². The molecule has 8 heteroatoms. The molecule has 0 aliphatic heterocycles. The van der Waals surface area contributed by atoms with Crippen molar-refractivity contribution in [2.24, 2.45) is 5.41 Å². The average Bonchev–Trinajstić information content (AvgIpc) is 2.62. The maximum atomic E-state index is 9.87. The van der Waals surface area contributed by atoms with E-state index >= 15 is 0 Å². The molecule has 1 unspecified atom stereocenters. The highest BCUT2D eigenvalue weighted by Gasteiger charge is 2.47. The van der Waals surface area contributed by atoms with E-state index in [0.29, 0.717) is 36.7 Å². The van der Waals surface area contributed by atoms with Gasteiger partial charge >= 0.3 is 0 Å². The smallest absolute Gasteiger partial charge is 0.224 e. The van der Waals surface area contributed by atoms with E-state index in [2.05, 4.69) is 36.6 Å². The van der Waals surface area contributed by atoms with E-state index in [1.165, 1.54) is 6.20 Å². The third-order valence-electron chi connectivity index (χ3n) is 4.72. The summed E-state index contributed by atoms with van der Waals surface area (Å²) in [6.07, 6.45) is 7.50. The largest absolute Gasteiger partial charge is 0.392 e. The van der Waals surface area contributed by atoms with Crippen molar-refractivity contribution >= 4 is 11.8 Å². The van der Waals surface area contributed by atoms with Crippen molar-refractivity contribution in [3.8, 4) is 6.07 Å². The van der Waals surface area contributed by atoms with Crippen molar-refractivity contribution in [3.63, 3.8) is 0 Å². The number of hydrogen-bond donors (Lipinski definition) is 3. The Morgan fingerprint density at radius 3 is 2.80 bits per heavy atom. The standard InChI is InChI=1S/C17H21N7O/c1-17(2)13(7-14(17)25)23-15-11(8-18)9-22-16(24-15)21-4-3-12-10-19-5-6-20-12/h5-6,9-10,13-14,25H,3-4,7H2,1-2H3,(H2,21,22,23,24)/t13-,14?/m1/s1. The van der Waals surface area contributed by atoms with Crippen molar-refractivity contribution in [2.45, 2.75) is 38.8 Å². The van der Waals surface area contributed by atoms with E-state index in [1.54, 1.807) is 18.6 Å². The lowest BCUT2D eigenvalue weighted by atomic mass is 9.64. The number of aliphatic hydroxyl groups is 1. The fourth-order valence-electron chi connectivity index (χ4n) is 2.73. The van der Waals surface area contributed by atoms with Gasteiger partial charge in [-0.15, -0.1) is 0 Å². The zero-order valence-corrected chi connectivity index (χ0v) is 14.3. The molecule has 0 spiro atoms. The van der Waals surface area contributed by atoms with Crippen LogP contribution in [-0.2, 0) is 6.42 Å². The van der Waals surface area contributed by atoms with Crippen molar-refractivity contribution < 1.29 is 5.11 Å². The molecule has 1 aliphatic carbocycles. The minimum atomic E-state index is -0.345. The fraction of sp³-hybridized carbons (Fsp3) is 0.471. The number of rotatable bonds is 6. The van der Waals surface area contributed by atoms with Crippen LogP contribution >= 0.6 is 0 Å². The van der Waals surface area contributed by atoms with Gasteiger partial charge in [0.25, 0.3) is 0 Å². The summed E-state index contributed by atoms with van der Waals surface area (Å²) >= 11 is 0. The molecule has 2 aromatic rings. The molecular weight excluding hydrogens is 318 g/mol. The van der Waals surface area contributed by atoms with Gasteiger partial charge in [-0.25, -0.2) is 4.98 Å². The Kier molecular flexibility index (Phi) is 4.76. The molecule has 2 atom stereocenters. The van der Waals surface area contributed by atoms with Crippen molar-refractivity contribution in [1.82, 2.24) is 19.9 Å². The van der Waals surface area contributed by atoms with Gasteiger partial charge in [0.05, 0.1) is 18.0 Å². The molecule has 8 nitrogen and oxygen atoms in total. The van der Waals surface area contributed by atoms with Crippen LogP contribution in [0.2, 0.25) is 0 Å². The Hall–Kier alpha value is -2.79. The van der Waals surface area contributed by atoms with Gasteiger partial charge < -0.3 is 15.7 Å². The Labute approximate surface area is 146 Å². The van der Waals surface area contributed by atoms with Gasteiger partial charge in [-0.3, -0.25) is 9.97 Å². The Balaban J connectivity index is 1.65. The summed E-state index contributed by atoms with van der Waals surface area (Å²) in [5, 5.41) is 25.5. The summed E-state index contributed by atoms with van der Waals surface area (Å²) in [6.45, 7) is 4.59. The van der Waals surface area contributed by atoms with E-state index in [-0.39, 0.29) is 17.6 Å². The molecule has 3 rings (SSSR count). The summed E-state index contributed by atoms with van der Waals surface area (Å²) in [7, 11) is 0. The molecule has 0 aromatic carbocycles. The zero-order chi connectivity index (χ0) is 17.9. The van der Waals surface area contributed by atoms with E-state index in [0.717, 1.165) is 5.69 Å². The molecule has 25 heavy (non-hydrogen) atoms. The SMILES string of the molecule is CC1(C)C(O)C[C@H]1Nc1nc(NCCc2cnccn2)ncc1C#N. The maximum Gasteiger partial charge on any atom is 0.224 e. The molecule has 1 fully saturated rings. The maximum absolute atomic E-state index is 9.87. The first kappa shape index (κ1) is 17.0. The topological polar surface area (TPSA) is 120 Å². The molecule has 2 aromatic heterocycles. The lowest BCUT2D eigenvalue weighted by molar-refractivity contribution is -0.0511. The predicted octanol–water partition coefficient (Wildman–Crippen LogP) is 1.36. The van der Waals surface area contributed by atoms with Crippen LogP contribution in [-0.4, -0.2) is 43.7 Å². The highest BCUT2D eigenvalue weighted by atomic mass is 16.3. The zero-order valence-electron chi connectivity index (χ0n) is 14.3. The van der Waals surface area contributed by atoms with Crippen LogP contribution in [0.1, 0.15) is 31.5 Å². The summed E-state index contributed by atoms with van der Waals surface area (Å²) in [5.41, 5.74) is 1.01. The first-order chi connectivity index (χ1) is 12.0. The second kappa shape index (κ2) is 6.99. The molecule has 0 amide bonds. The molecular formula is C17H21N7O. The van der Waals surface area contributed by atoms with E-state index in [4.69, 9.17) is 0 Å². The number of aliphatic hydroxyl groups excluding tert-OH is 1. The number of aromatic nitrogens is 4. The summed E-state index contributed by atoms with van der Waals surface area (Å²) in [4.78, 5) is 16.8. The Morgan fingerprint density at radius 1 is 1.32 bits per heavy atom. The normalized spacial score (nSPS) is 21.0. The van der Waals surface area contributed by atoms with Crippen LogP contribution in [0.25, 0.3) is 0 Å². The number of nitrogens with zero attached hydrogens (tertiary/aromatic N) is 5. The van der Waals surface area contributed by atoms with E-state index < -0.39 is 0 Å². The predicted molar refractivity (Wildman–Crippen MR) is 92.8 cm³/mol. The first-order valence-corrected chi connectivity index (χ1v) is 8.21. The average molecular weight is 339 g/mol. The van der Waals surface area contributed by atoms with Gasteiger partial charge in [0.15, 0.2) is 0 Å². The molecule has 0 bridgehead atoms. The van der Waals surface area contributed by atoms with Gasteiger partial charge in [0.2, 0.25) is 5.95 Å². The number of nitriles is 1. The molecule has 2 heterocycles. The Bertz CT molecular complexity index is 772. The summed E-state index contributed by atoms with van der Waals surface area (Å²) in [6, 6.07) is 2.17. The van der Waals surface area contributed by atoms with Crippen molar-refractivity contribution in [2.75, 3.05) is 17.2 Å². The second-order valence-corrected chi connectivity index (χ2v) is 6.71. The summed E-state index contributed by atoms with van der Waals surface area (Å²) in [5.74, 6) is 0.938. The first-order valence-electron chi connectivity index (χ1n) is 8.21. The number of nitrogens with one attached hydrogen (secondary N) is 2. The number of hydrogen-bond acceptors (Lipinski definition) is 8. The third kappa shape index (κ3) is 3.67. The van der Waals surface area contributed by atoms with Gasteiger partial charge in [0.1, 0.15) is 17.5 Å². The van der Waals surface area contributed by atoms with Gasteiger partial charge in [-0.05, 0) is 6.42 Å². The lowest BCUT2D eigenvalue weighted by Gasteiger charge is -2.49. The molecule has 1 aliphatic rings. The van der Waals surface area contributed by atoms with Gasteiger partial charge in [-0.1, -0.05) is 13.8 Å². The molecule has 0 radical (unpaired) electrons. The van der Waals surface area contributed by atoms with Crippen LogP contribution in [0.5, 0.6) is 0 Å². The Morgan fingerprint density at radius 2 is 2.16 bits per heavy atom. The highest BCUT2D eigenvalue weighted by Crippen LogP contribution is 2.42. The van der Waals surface area contributed by atoms with Crippen molar-refractivity contribution in [3.05, 3.63) is 36.0 Å². The summed E-state index contributed by atoms with van der Waals surface area (Å²) < 4.78 is 0. The molecule has 0 saturated heterocycles. The third-order valence-corrected chi connectivity index (χ3v) is 4.72. The molecule has 3 N–H and O–H groups in total. The quantitative estimate of drug-likeness (QED) is 0.722. The van der Waals surface area contributed by atoms with Crippen LogP contribution in [0.3, 0.4) is 0 Å². The van der Waals surface area contributed by atoms with E-state index in [9.17, 15) is 10.4 Å². The highest BCUT2D eigenvalue weighted by molar-refractivity contribution is 5.54. The minimum absolute atomic E-state index is 0.0666. The molecule has 1 saturated carbocycles. The second-order valence-electron chi connectivity index (χ2n) is 6.71. The van der Waals surface area contributed by atoms with Gasteiger partial charge in [-0.2, -0.15) is 10.2 Å². The van der Waals surface area contributed by atoms with Crippen LogP contribution < -0.4 is 10.6 Å². The van der Waals surface area contributed by atoms with Gasteiger partial charge in [0, 0.05) is 43.0 Å². The monoisotopic (exact) mass is 339 g/mol. The van der Waals surface area contributed by atoms with Crippen LogP contribution in [0, 0.1) is 16.7 Å². The molecule has 130 valence electrons. The lowest BCUT2D eigenvalue weighted by Crippen LogP contribution is -2.57. The van der Waals surface area contributed by atoms with E-state index in [1.807, 2.05) is 13.8 Å². The fourth-order valence-corrected chi connectivity index (χ4v) is 2.73. The van der Waals surface area contributed by atoms with Crippen molar-refractivity contribution in [1.29, 1.82) is 5.26 Å². The minimum Gasteiger partial charge on any atom is -0.392 e.